The maximum Gasteiger partial charge on any atom is 0.126 e. The zero-order chi connectivity index (χ0) is 8.39. The molecule has 0 spiro atoms. The van der Waals surface area contributed by atoms with Crippen molar-refractivity contribution in [3.63, 3.8) is 0 Å². The molecule has 1 aliphatic carbocycles. The van der Waals surface area contributed by atoms with Gasteiger partial charge in [-0.2, -0.15) is 0 Å². The molecule has 1 aromatic heterocycles. The Hall–Kier alpha value is -1.05. The van der Waals surface area contributed by atoms with Crippen LogP contribution in [0.3, 0.4) is 0 Å². The van der Waals surface area contributed by atoms with Gasteiger partial charge in [0, 0.05) is 12.7 Å². The molecule has 1 saturated carbocycles. The van der Waals surface area contributed by atoms with E-state index in [9.17, 15) is 0 Å². The first-order valence-electron chi connectivity index (χ1n) is 4.51. The molecule has 0 bridgehead atoms. The zero-order valence-electron chi connectivity index (χ0n) is 7.38. The fraction of sp³-hybridized carbons (Fsp3) is 0.500. The van der Waals surface area contributed by atoms with Gasteiger partial charge in [0.25, 0.3) is 0 Å². The summed E-state index contributed by atoms with van der Waals surface area (Å²) in [7, 11) is 0. The van der Waals surface area contributed by atoms with Gasteiger partial charge in [-0.15, -0.1) is 0 Å². The van der Waals surface area contributed by atoms with Crippen molar-refractivity contribution in [2.24, 2.45) is 5.92 Å². The highest BCUT2D eigenvalue weighted by Crippen LogP contribution is 2.28. The van der Waals surface area contributed by atoms with Gasteiger partial charge in [-0.05, 0) is 43.4 Å². The fourth-order valence-electron chi connectivity index (χ4n) is 1.20. The van der Waals surface area contributed by atoms with E-state index in [2.05, 4.69) is 23.3 Å². The average molecular weight is 162 g/mol. The molecule has 12 heavy (non-hydrogen) atoms. The van der Waals surface area contributed by atoms with Crippen molar-refractivity contribution < 1.29 is 0 Å². The van der Waals surface area contributed by atoms with Crippen LogP contribution in [0.5, 0.6) is 0 Å². The van der Waals surface area contributed by atoms with E-state index in [-0.39, 0.29) is 0 Å². The van der Waals surface area contributed by atoms with Gasteiger partial charge in [0.05, 0.1) is 0 Å². The summed E-state index contributed by atoms with van der Waals surface area (Å²) in [4.78, 5) is 4.23. The summed E-state index contributed by atoms with van der Waals surface area (Å²) in [6, 6.07) is 4.10. The van der Waals surface area contributed by atoms with E-state index in [1.165, 1.54) is 18.4 Å². The molecule has 0 radical (unpaired) electrons. The van der Waals surface area contributed by atoms with Gasteiger partial charge in [0.15, 0.2) is 0 Å². The van der Waals surface area contributed by atoms with Crippen molar-refractivity contribution in [3.05, 3.63) is 23.9 Å². The molecule has 1 fully saturated rings. The third-order valence-electron chi connectivity index (χ3n) is 2.18. The summed E-state index contributed by atoms with van der Waals surface area (Å²) in [5.74, 6) is 1.93. The Balaban J connectivity index is 1.92. The Morgan fingerprint density at radius 1 is 1.58 bits per heavy atom. The standard InChI is InChI=1S/C10H14N2/c1-8-4-5-11-10(6-8)12-7-9-2-3-9/h4-6,9H,2-3,7H2,1H3,(H,11,12). The fourth-order valence-corrected chi connectivity index (χ4v) is 1.20. The molecular formula is C10H14N2. The number of pyridine rings is 1. The van der Waals surface area contributed by atoms with Gasteiger partial charge in [-0.25, -0.2) is 4.98 Å². The van der Waals surface area contributed by atoms with E-state index < -0.39 is 0 Å². The summed E-state index contributed by atoms with van der Waals surface area (Å²) in [5.41, 5.74) is 1.27. The highest BCUT2D eigenvalue weighted by Gasteiger charge is 2.20. The molecular weight excluding hydrogens is 148 g/mol. The number of aromatic nitrogens is 1. The SMILES string of the molecule is Cc1ccnc(NCC2CC2)c1. The van der Waals surface area contributed by atoms with Crippen LogP contribution >= 0.6 is 0 Å². The Morgan fingerprint density at radius 2 is 2.42 bits per heavy atom. The van der Waals surface area contributed by atoms with Crippen molar-refractivity contribution in [1.29, 1.82) is 0 Å². The lowest BCUT2D eigenvalue weighted by atomic mass is 10.3. The summed E-state index contributed by atoms with van der Waals surface area (Å²) >= 11 is 0. The van der Waals surface area contributed by atoms with Crippen LogP contribution in [0.25, 0.3) is 0 Å². The first-order valence-corrected chi connectivity index (χ1v) is 4.51. The van der Waals surface area contributed by atoms with E-state index in [0.717, 1.165) is 18.3 Å². The molecule has 1 aromatic rings. The van der Waals surface area contributed by atoms with E-state index >= 15 is 0 Å². The monoisotopic (exact) mass is 162 g/mol. The molecule has 64 valence electrons. The van der Waals surface area contributed by atoms with Crippen molar-refractivity contribution in [1.82, 2.24) is 4.98 Å². The van der Waals surface area contributed by atoms with Gasteiger partial charge >= 0.3 is 0 Å². The maximum absolute atomic E-state index is 4.23. The number of anilines is 1. The topological polar surface area (TPSA) is 24.9 Å². The van der Waals surface area contributed by atoms with Crippen molar-refractivity contribution in [2.45, 2.75) is 19.8 Å². The summed E-state index contributed by atoms with van der Waals surface area (Å²) in [5, 5.41) is 3.34. The van der Waals surface area contributed by atoms with Crippen LogP contribution in [-0.4, -0.2) is 11.5 Å². The minimum absolute atomic E-state index is 0.910. The van der Waals surface area contributed by atoms with Crippen LogP contribution in [0, 0.1) is 12.8 Å². The van der Waals surface area contributed by atoms with Gasteiger partial charge in [-0.3, -0.25) is 0 Å². The molecule has 0 atom stereocenters. The number of aryl methyl sites for hydroxylation is 1. The van der Waals surface area contributed by atoms with Crippen molar-refractivity contribution >= 4 is 5.82 Å². The second-order valence-electron chi connectivity index (χ2n) is 3.54. The summed E-state index contributed by atoms with van der Waals surface area (Å²) < 4.78 is 0. The maximum atomic E-state index is 4.23. The van der Waals surface area contributed by atoms with E-state index in [0.29, 0.717) is 0 Å². The third-order valence-corrected chi connectivity index (χ3v) is 2.18. The largest absolute Gasteiger partial charge is 0.370 e. The van der Waals surface area contributed by atoms with E-state index in [1.54, 1.807) is 0 Å². The Morgan fingerprint density at radius 3 is 3.08 bits per heavy atom. The minimum Gasteiger partial charge on any atom is -0.370 e. The van der Waals surface area contributed by atoms with Gasteiger partial charge in [0.2, 0.25) is 0 Å². The van der Waals surface area contributed by atoms with Crippen molar-refractivity contribution in [3.8, 4) is 0 Å². The van der Waals surface area contributed by atoms with Crippen molar-refractivity contribution in [2.75, 3.05) is 11.9 Å². The van der Waals surface area contributed by atoms with Crippen LogP contribution in [0.1, 0.15) is 18.4 Å². The molecule has 2 nitrogen and oxygen atoms in total. The van der Waals surface area contributed by atoms with Crippen LogP contribution in [0.15, 0.2) is 18.3 Å². The lowest BCUT2D eigenvalue weighted by molar-refractivity contribution is 0.882. The molecule has 1 heterocycles. The average Bonchev–Trinajstić information content (AvgIpc) is 2.84. The Labute approximate surface area is 73.0 Å². The lowest BCUT2D eigenvalue weighted by Crippen LogP contribution is -2.04. The van der Waals surface area contributed by atoms with Crippen LogP contribution < -0.4 is 5.32 Å². The molecule has 1 aliphatic rings. The highest BCUT2D eigenvalue weighted by atomic mass is 15.0. The zero-order valence-corrected chi connectivity index (χ0v) is 7.38. The molecule has 0 amide bonds. The Bertz CT molecular complexity index is 266. The summed E-state index contributed by atoms with van der Waals surface area (Å²) in [6.07, 6.45) is 4.63. The van der Waals surface area contributed by atoms with E-state index in [4.69, 9.17) is 0 Å². The molecule has 0 aromatic carbocycles. The minimum atomic E-state index is 0.910. The number of nitrogens with one attached hydrogen (secondary N) is 1. The molecule has 1 N–H and O–H groups in total. The van der Waals surface area contributed by atoms with Crippen LogP contribution in [0.4, 0.5) is 5.82 Å². The molecule has 0 unspecified atom stereocenters. The number of nitrogens with zero attached hydrogens (tertiary/aromatic N) is 1. The summed E-state index contributed by atoms with van der Waals surface area (Å²) in [6.45, 7) is 3.18. The normalized spacial score (nSPS) is 16.1. The third kappa shape index (κ3) is 1.97. The first-order chi connectivity index (χ1) is 5.84. The van der Waals surface area contributed by atoms with Gasteiger partial charge < -0.3 is 5.32 Å². The van der Waals surface area contributed by atoms with Crippen LogP contribution in [-0.2, 0) is 0 Å². The Kier molecular flexibility index (Phi) is 1.98. The van der Waals surface area contributed by atoms with E-state index in [1.807, 2.05) is 12.3 Å². The smallest absolute Gasteiger partial charge is 0.126 e. The second kappa shape index (κ2) is 3.13. The molecule has 0 aliphatic heterocycles. The first kappa shape index (κ1) is 7.59. The second-order valence-corrected chi connectivity index (χ2v) is 3.54. The van der Waals surface area contributed by atoms with Crippen LogP contribution in [0.2, 0.25) is 0 Å². The predicted molar refractivity (Wildman–Crippen MR) is 50.2 cm³/mol. The quantitative estimate of drug-likeness (QED) is 0.737. The lowest BCUT2D eigenvalue weighted by Gasteiger charge is -2.03. The van der Waals surface area contributed by atoms with Gasteiger partial charge in [0.1, 0.15) is 5.82 Å². The number of hydrogen-bond acceptors (Lipinski definition) is 2. The molecule has 0 saturated heterocycles. The molecule has 2 rings (SSSR count). The predicted octanol–water partition coefficient (Wildman–Crippen LogP) is 2.21. The molecule has 2 heteroatoms. The van der Waals surface area contributed by atoms with Gasteiger partial charge in [-0.1, -0.05) is 0 Å². The number of rotatable bonds is 3. The number of hydrogen-bond donors (Lipinski definition) is 1. The highest BCUT2D eigenvalue weighted by molar-refractivity contribution is 5.37.